The van der Waals surface area contributed by atoms with Crippen LogP contribution in [-0.2, 0) is 9.63 Å². The summed E-state index contributed by atoms with van der Waals surface area (Å²) in [4.78, 5) is 20.1. The minimum absolute atomic E-state index is 0.141. The zero-order valence-corrected chi connectivity index (χ0v) is 16.1. The summed E-state index contributed by atoms with van der Waals surface area (Å²) in [6.07, 6.45) is 2.47. The molecular formula is C21H30N2O3. The number of carboxylic acid groups (broad SMARTS) is 1. The molecule has 0 radical (unpaired) electrons. The largest absolute Gasteiger partial charge is 0.481 e. The van der Waals surface area contributed by atoms with Crippen LogP contribution in [0.3, 0.4) is 0 Å². The van der Waals surface area contributed by atoms with Crippen molar-refractivity contribution in [2.24, 2.45) is 16.5 Å². The Balaban J connectivity index is 1.62. The van der Waals surface area contributed by atoms with Gasteiger partial charge in [0.15, 0.2) is 0 Å². The second-order valence-electron chi connectivity index (χ2n) is 8.27. The molecule has 2 heterocycles. The van der Waals surface area contributed by atoms with Crippen molar-refractivity contribution < 1.29 is 14.7 Å². The summed E-state index contributed by atoms with van der Waals surface area (Å²) in [6, 6.07) is 8.13. The summed E-state index contributed by atoms with van der Waals surface area (Å²) in [5, 5.41) is 14.2. The summed E-state index contributed by atoms with van der Waals surface area (Å²) in [6.45, 7) is 9.21. The van der Waals surface area contributed by atoms with Gasteiger partial charge in [-0.25, -0.2) is 0 Å². The van der Waals surface area contributed by atoms with Gasteiger partial charge in [-0.05, 0) is 44.3 Å². The Kier molecular flexibility index (Phi) is 5.66. The fourth-order valence-electron chi connectivity index (χ4n) is 4.21. The van der Waals surface area contributed by atoms with Gasteiger partial charge in [-0.15, -0.1) is 0 Å². The number of carboxylic acids is 1. The molecule has 1 atom stereocenters. The highest BCUT2D eigenvalue weighted by Gasteiger charge is 2.44. The molecule has 2 aliphatic rings. The van der Waals surface area contributed by atoms with E-state index in [9.17, 15) is 9.90 Å². The van der Waals surface area contributed by atoms with Crippen molar-refractivity contribution in [2.45, 2.75) is 52.6 Å². The highest BCUT2D eigenvalue weighted by atomic mass is 16.6. The summed E-state index contributed by atoms with van der Waals surface area (Å²) in [5.74, 6) is -0.0785. The Labute approximate surface area is 156 Å². The molecule has 0 aliphatic carbocycles. The van der Waals surface area contributed by atoms with Crippen LogP contribution in [0.4, 0.5) is 0 Å². The van der Waals surface area contributed by atoms with Crippen molar-refractivity contribution in [2.75, 3.05) is 19.6 Å². The Morgan fingerprint density at radius 2 is 2.04 bits per heavy atom. The Bertz CT molecular complexity index is 676. The van der Waals surface area contributed by atoms with E-state index in [2.05, 4.69) is 43.0 Å². The third-order valence-corrected chi connectivity index (χ3v) is 5.70. The smallest absolute Gasteiger partial charge is 0.309 e. The number of oxime groups is 1. The standard InChI is InChI=1S/C21H30N2O3/c1-15(2)14-23-10-8-21(9-11-23,20(24)25)13-17-12-19(22-26-17)18-7-5-4-6-16(18)3/h4-7,15,17H,8-14H2,1-3H3,(H,24,25). The monoisotopic (exact) mass is 358 g/mol. The van der Waals surface area contributed by atoms with E-state index >= 15 is 0 Å². The Hall–Kier alpha value is -1.88. The predicted molar refractivity (Wildman–Crippen MR) is 102 cm³/mol. The first kappa shape index (κ1) is 18.9. The topological polar surface area (TPSA) is 62.1 Å². The lowest BCUT2D eigenvalue weighted by Gasteiger charge is -2.40. The fraction of sp³-hybridized carbons (Fsp3) is 0.619. The molecule has 5 nitrogen and oxygen atoms in total. The zero-order valence-electron chi connectivity index (χ0n) is 16.1. The van der Waals surface area contributed by atoms with Crippen molar-refractivity contribution in [1.29, 1.82) is 0 Å². The zero-order chi connectivity index (χ0) is 18.7. The molecule has 1 unspecified atom stereocenters. The number of carbonyl (C=O) groups is 1. The number of piperidine rings is 1. The van der Waals surface area contributed by atoms with E-state index in [4.69, 9.17) is 4.84 Å². The van der Waals surface area contributed by atoms with E-state index in [1.165, 1.54) is 5.56 Å². The first-order valence-corrected chi connectivity index (χ1v) is 9.64. The maximum atomic E-state index is 12.1. The summed E-state index contributed by atoms with van der Waals surface area (Å²) >= 11 is 0. The molecule has 1 saturated heterocycles. The van der Waals surface area contributed by atoms with Crippen LogP contribution in [-0.4, -0.2) is 47.4 Å². The van der Waals surface area contributed by atoms with E-state index in [0.717, 1.165) is 30.9 Å². The van der Waals surface area contributed by atoms with Gasteiger partial charge in [-0.2, -0.15) is 0 Å². The van der Waals surface area contributed by atoms with E-state index < -0.39 is 11.4 Å². The van der Waals surface area contributed by atoms with Crippen LogP contribution in [0.1, 0.15) is 50.7 Å². The fourth-order valence-corrected chi connectivity index (χ4v) is 4.21. The lowest BCUT2D eigenvalue weighted by Crippen LogP contribution is -2.46. The molecule has 26 heavy (non-hydrogen) atoms. The lowest BCUT2D eigenvalue weighted by molar-refractivity contribution is -0.155. The van der Waals surface area contributed by atoms with Gasteiger partial charge in [0.05, 0.1) is 11.1 Å². The van der Waals surface area contributed by atoms with Crippen LogP contribution in [0.25, 0.3) is 0 Å². The molecule has 1 aromatic rings. The molecule has 0 aromatic heterocycles. The normalized spacial score (nSPS) is 22.9. The molecule has 1 aromatic carbocycles. The highest BCUT2D eigenvalue weighted by Crippen LogP contribution is 2.39. The molecular weight excluding hydrogens is 328 g/mol. The molecule has 5 heteroatoms. The van der Waals surface area contributed by atoms with Crippen LogP contribution in [0.5, 0.6) is 0 Å². The minimum atomic E-state index is -0.686. The van der Waals surface area contributed by atoms with Crippen LogP contribution in [0.2, 0.25) is 0 Å². The third-order valence-electron chi connectivity index (χ3n) is 5.70. The molecule has 0 amide bonds. The number of likely N-dealkylation sites (tertiary alicyclic amines) is 1. The second kappa shape index (κ2) is 7.78. The van der Waals surface area contributed by atoms with Gasteiger partial charge in [0.1, 0.15) is 6.10 Å². The number of nitrogens with zero attached hydrogens (tertiary/aromatic N) is 2. The van der Waals surface area contributed by atoms with Crippen molar-refractivity contribution in [1.82, 2.24) is 4.90 Å². The van der Waals surface area contributed by atoms with Crippen molar-refractivity contribution in [3.05, 3.63) is 35.4 Å². The van der Waals surface area contributed by atoms with Gasteiger partial charge < -0.3 is 14.8 Å². The summed E-state index contributed by atoms with van der Waals surface area (Å²) < 4.78 is 0. The number of aryl methyl sites for hydroxylation is 1. The van der Waals surface area contributed by atoms with Crippen LogP contribution in [0, 0.1) is 18.3 Å². The molecule has 1 fully saturated rings. The molecule has 3 rings (SSSR count). The van der Waals surface area contributed by atoms with E-state index in [-0.39, 0.29) is 6.10 Å². The van der Waals surface area contributed by atoms with Gasteiger partial charge in [-0.3, -0.25) is 4.79 Å². The van der Waals surface area contributed by atoms with Crippen molar-refractivity contribution >= 4 is 11.7 Å². The first-order valence-electron chi connectivity index (χ1n) is 9.64. The summed E-state index contributed by atoms with van der Waals surface area (Å²) in [5.41, 5.74) is 2.52. The molecule has 0 bridgehead atoms. The Morgan fingerprint density at radius 3 is 2.65 bits per heavy atom. The van der Waals surface area contributed by atoms with Crippen LogP contribution in [0.15, 0.2) is 29.4 Å². The minimum Gasteiger partial charge on any atom is -0.481 e. The quantitative estimate of drug-likeness (QED) is 0.842. The van der Waals surface area contributed by atoms with E-state index in [1.807, 2.05) is 12.1 Å². The van der Waals surface area contributed by atoms with Gasteiger partial charge in [0.2, 0.25) is 0 Å². The number of rotatable bonds is 6. The van der Waals surface area contributed by atoms with Gasteiger partial charge in [0.25, 0.3) is 0 Å². The number of benzene rings is 1. The lowest BCUT2D eigenvalue weighted by atomic mass is 9.73. The SMILES string of the molecule is Cc1ccccc1C1=NOC(CC2(C(=O)O)CCN(CC(C)C)CC2)C1. The average Bonchev–Trinajstić information content (AvgIpc) is 3.04. The van der Waals surface area contributed by atoms with E-state index in [1.54, 1.807) is 0 Å². The van der Waals surface area contributed by atoms with Crippen LogP contribution >= 0.6 is 0 Å². The van der Waals surface area contributed by atoms with Crippen molar-refractivity contribution in [3.8, 4) is 0 Å². The molecule has 0 saturated carbocycles. The molecule has 0 spiro atoms. The number of aliphatic carboxylic acids is 1. The highest BCUT2D eigenvalue weighted by molar-refractivity contribution is 6.02. The van der Waals surface area contributed by atoms with Gasteiger partial charge >= 0.3 is 5.97 Å². The third kappa shape index (κ3) is 4.09. The number of hydrogen-bond donors (Lipinski definition) is 1. The molecule has 2 aliphatic heterocycles. The predicted octanol–water partition coefficient (Wildman–Crippen LogP) is 3.70. The average molecular weight is 358 g/mol. The second-order valence-corrected chi connectivity index (χ2v) is 8.27. The maximum absolute atomic E-state index is 12.1. The Morgan fingerprint density at radius 1 is 1.35 bits per heavy atom. The first-order chi connectivity index (χ1) is 12.4. The number of hydrogen-bond acceptors (Lipinski definition) is 4. The van der Waals surface area contributed by atoms with Crippen LogP contribution < -0.4 is 0 Å². The van der Waals surface area contributed by atoms with Gasteiger partial charge in [-0.1, -0.05) is 43.3 Å². The van der Waals surface area contributed by atoms with Crippen molar-refractivity contribution in [3.63, 3.8) is 0 Å². The summed E-state index contributed by atoms with van der Waals surface area (Å²) in [7, 11) is 0. The maximum Gasteiger partial charge on any atom is 0.309 e. The molecule has 1 N–H and O–H groups in total. The van der Waals surface area contributed by atoms with Gasteiger partial charge in [0, 0.05) is 24.9 Å². The van der Waals surface area contributed by atoms with E-state index in [0.29, 0.717) is 31.6 Å². The molecule has 142 valence electrons.